The molecule has 1 unspecified atom stereocenters. The molecule has 0 radical (unpaired) electrons. The maximum atomic E-state index is 10.9. The molecule has 3 rings (SSSR count). The predicted octanol–water partition coefficient (Wildman–Crippen LogP) is 3.59. The van der Waals surface area contributed by atoms with E-state index in [9.17, 15) is 5.11 Å². The largest absolute Gasteiger partial charge is 0.385 e. The summed E-state index contributed by atoms with van der Waals surface area (Å²) in [4.78, 5) is 4.08. The van der Waals surface area contributed by atoms with Crippen molar-refractivity contribution in [3.63, 3.8) is 0 Å². The van der Waals surface area contributed by atoms with E-state index in [0.717, 1.165) is 44.3 Å². The third-order valence-electron chi connectivity index (χ3n) is 5.01. The molecule has 24 heavy (non-hydrogen) atoms. The van der Waals surface area contributed by atoms with E-state index in [4.69, 9.17) is 11.6 Å². The van der Waals surface area contributed by atoms with Crippen LogP contribution in [0.25, 0.3) is 0 Å². The monoisotopic (exact) mass is 347 g/mol. The van der Waals surface area contributed by atoms with Gasteiger partial charge in [-0.15, -0.1) is 0 Å². The standard InChI is InChI=1S/C19H26ClN3O/c1-15(13-23-10-9-21-14-23)12-22-18-5-7-19(24,8-6-18)16-3-2-4-17(20)11-16/h2-4,9-11,14-15,18,22,24H,5-8,12-13H2,1H3. The molecule has 1 atom stereocenters. The molecule has 5 heteroatoms. The minimum atomic E-state index is -0.731. The van der Waals surface area contributed by atoms with E-state index in [1.165, 1.54) is 0 Å². The fourth-order valence-corrected chi connectivity index (χ4v) is 3.74. The third kappa shape index (κ3) is 4.38. The van der Waals surface area contributed by atoms with Crippen LogP contribution in [0.5, 0.6) is 0 Å². The molecule has 4 nitrogen and oxygen atoms in total. The first-order valence-electron chi connectivity index (χ1n) is 8.73. The van der Waals surface area contributed by atoms with Gasteiger partial charge in [0.1, 0.15) is 0 Å². The number of imidazole rings is 1. The third-order valence-corrected chi connectivity index (χ3v) is 5.25. The first-order valence-corrected chi connectivity index (χ1v) is 9.10. The Kier molecular flexibility index (Phi) is 5.59. The topological polar surface area (TPSA) is 50.1 Å². The molecule has 2 aromatic rings. The van der Waals surface area contributed by atoms with Crippen molar-refractivity contribution in [3.05, 3.63) is 53.6 Å². The van der Waals surface area contributed by atoms with Crippen molar-refractivity contribution in [2.45, 2.75) is 50.8 Å². The lowest BCUT2D eigenvalue weighted by Crippen LogP contribution is -2.41. The number of nitrogens with zero attached hydrogens (tertiary/aromatic N) is 2. The molecule has 1 fully saturated rings. The van der Waals surface area contributed by atoms with Crippen LogP contribution in [0.1, 0.15) is 38.2 Å². The summed E-state index contributed by atoms with van der Waals surface area (Å²) < 4.78 is 2.12. The molecule has 0 saturated heterocycles. The average Bonchev–Trinajstić information content (AvgIpc) is 3.07. The number of aromatic nitrogens is 2. The zero-order chi connectivity index (χ0) is 17.0. The molecule has 1 aromatic carbocycles. The van der Waals surface area contributed by atoms with Crippen molar-refractivity contribution in [3.8, 4) is 0 Å². The second kappa shape index (κ2) is 7.68. The summed E-state index contributed by atoms with van der Waals surface area (Å²) in [6.45, 7) is 4.21. The fraction of sp³-hybridized carbons (Fsp3) is 0.526. The minimum Gasteiger partial charge on any atom is -0.385 e. The van der Waals surface area contributed by atoms with Crippen LogP contribution in [0, 0.1) is 5.92 Å². The first-order chi connectivity index (χ1) is 11.5. The molecule has 1 aliphatic carbocycles. The van der Waals surface area contributed by atoms with Crippen LogP contribution in [0.15, 0.2) is 43.0 Å². The smallest absolute Gasteiger partial charge is 0.0946 e. The van der Waals surface area contributed by atoms with Gasteiger partial charge >= 0.3 is 0 Å². The van der Waals surface area contributed by atoms with E-state index < -0.39 is 5.60 Å². The van der Waals surface area contributed by atoms with Crippen LogP contribution in [-0.2, 0) is 12.1 Å². The van der Waals surface area contributed by atoms with Gasteiger partial charge in [0.05, 0.1) is 11.9 Å². The van der Waals surface area contributed by atoms with E-state index in [1.807, 2.05) is 43.0 Å². The first kappa shape index (κ1) is 17.5. The second-order valence-corrected chi connectivity index (χ2v) is 7.53. The summed E-state index contributed by atoms with van der Waals surface area (Å²) in [6.07, 6.45) is 9.21. The van der Waals surface area contributed by atoms with Gasteiger partial charge < -0.3 is 15.0 Å². The lowest BCUT2D eigenvalue weighted by molar-refractivity contribution is -0.00859. The Morgan fingerprint density at radius 1 is 1.42 bits per heavy atom. The highest BCUT2D eigenvalue weighted by Crippen LogP contribution is 2.37. The minimum absolute atomic E-state index is 0.481. The summed E-state index contributed by atoms with van der Waals surface area (Å²) >= 11 is 6.07. The highest BCUT2D eigenvalue weighted by molar-refractivity contribution is 6.30. The number of rotatable bonds is 6. The molecule has 1 saturated carbocycles. The zero-order valence-corrected chi connectivity index (χ0v) is 14.9. The van der Waals surface area contributed by atoms with Crippen molar-refractivity contribution in [2.75, 3.05) is 6.54 Å². The molecule has 1 aliphatic rings. The maximum absolute atomic E-state index is 10.9. The molecule has 2 N–H and O–H groups in total. The van der Waals surface area contributed by atoms with E-state index in [1.54, 1.807) is 0 Å². The Hall–Kier alpha value is -1.36. The molecule has 1 heterocycles. The molecule has 0 amide bonds. The molecule has 130 valence electrons. The molecular formula is C19H26ClN3O. The average molecular weight is 348 g/mol. The van der Waals surface area contributed by atoms with Crippen LogP contribution in [0.4, 0.5) is 0 Å². The van der Waals surface area contributed by atoms with Gasteiger partial charge in [-0.3, -0.25) is 0 Å². The highest BCUT2D eigenvalue weighted by atomic mass is 35.5. The Bertz CT molecular complexity index is 636. The van der Waals surface area contributed by atoms with Crippen LogP contribution in [0.3, 0.4) is 0 Å². The summed E-state index contributed by atoms with van der Waals surface area (Å²) in [7, 11) is 0. The lowest BCUT2D eigenvalue weighted by atomic mass is 9.77. The molecule has 0 spiro atoms. The summed E-state index contributed by atoms with van der Waals surface area (Å²) in [5.41, 5.74) is 0.216. The number of hydrogen-bond donors (Lipinski definition) is 2. The number of hydrogen-bond acceptors (Lipinski definition) is 3. The Labute approximate surface area is 148 Å². The fourth-order valence-electron chi connectivity index (χ4n) is 3.55. The van der Waals surface area contributed by atoms with Gasteiger partial charge in [-0.1, -0.05) is 30.7 Å². The molecule has 0 bridgehead atoms. The van der Waals surface area contributed by atoms with Crippen molar-refractivity contribution in [1.82, 2.24) is 14.9 Å². The summed E-state index contributed by atoms with van der Waals surface area (Å²) in [6, 6.07) is 8.12. The van der Waals surface area contributed by atoms with Gasteiger partial charge in [-0.25, -0.2) is 4.98 Å². The quantitative estimate of drug-likeness (QED) is 0.839. The zero-order valence-electron chi connectivity index (χ0n) is 14.2. The van der Waals surface area contributed by atoms with Gasteiger partial charge in [0, 0.05) is 30.0 Å². The van der Waals surface area contributed by atoms with E-state index in [0.29, 0.717) is 17.0 Å². The van der Waals surface area contributed by atoms with Crippen molar-refractivity contribution in [1.29, 1.82) is 0 Å². The van der Waals surface area contributed by atoms with Crippen LogP contribution >= 0.6 is 11.6 Å². The molecule has 0 aliphatic heterocycles. The van der Waals surface area contributed by atoms with Crippen LogP contribution in [0.2, 0.25) is 5.02 Å². The molecular weight excluding hydrogens is 322 g/mol. The van der Waals surface area contributed by atoms with Crippen LogP contribution in [-0.4, -0.2) is 27.2 Å². The predicted molar refractivity (Wildman–Crippen MR) is 97.0 cm³/mol. The maximum Gasteiger partial charge on any atom is 0.0946 e. The second-order valence-electron chi connectivity index (χ2n) is 7.09. The van der Waals surface area contributed by atoms with Crippen molar-refractivity contribution in [2.24, 2.45) is 5.92 Å². The Balaban J connectivity index is 1.46. The molecule has 1 aromatic heterocycles. The van der Waals surface area contributed by atoms with Crippen molar-refractivity contribution >= 4 is 11.6 Å². The summed E-state index contributed by atoms with van der Waals surface area (Å²) in [5.74, 6) is 0.549. The number of halogens is 1. The van der Waals surface area contributed by atoms with E-state index in [2.05, 4.69) is 21.8 Å². The number of aliphatic hydroxyl groups is 1. The number of nitrogens with one attached hydrogen (secondary N) is 1. The normalized spacial score (nSPS) is 25.5. The van der Waals surface area contributed by atoms with Gasteiger partial charge in [-0.2, -0.15) is 0 Å². The number of benzene rings is 1. The van der Waals surface area contributed by atoms with Crippen molar-refractivity contribution < 1.29 is 5.11 Å². The van der Waals surface area contributed by atoms with Gasteiger partial charge in [0.15, 0.2) is 0 Å². The lowest BCUT2D eigenvalue weighted by Gasteiger charge is -2.37. The van der Waals surface area contributed by atoms with E-state index in [-0.39, 0.29) is 0 Å². The highest BCUT2D eigenvalue weighted by Gasteiger charge is 2.34. The Morgan fingerprint density at radius 2 is 2.21 bits per heavy atom. The van der Waals surface area contributed by atoms with Crippen LogP contribution < -0.4 is 5.32 Å². The van der Waals surface area contributed by atoms with Gasteiger partial charge in [0.25, 0.3) is 0 Å². The van der Waals surface area contributed by atoms with Gasteiger partial charge in [0.2, 0.25) is 0 Å². The van der Waals surface area contributed by atoms with Gasteiger partial charge in [-0.05, 0) is 55.8 Å². The SMILES string of the molecule is CC(CNC1CCC(O)(c2cccc(Cl)c2)CC1)Cn1ccnc1. The Morgan fingerprint density at radius 3 is 2.88 bits per heavy atom. The summed E-state index contributed by atoms with van der Waals surface area (Å²) in [5, 5.41) is 15.3. The van der Waals surface area contributed by atoms with E-state index >= 15 is 0 Å².